The Labute approximate surface area is 116 Å². The number of benzene rings is 1. The second-order valence-electron chi connectivity index (χ2n) is 5.66. The topological polar surface area (TPSA) is 66.4 Å². The highest BCUT2D eigenvalue weighted by Gasteiger charge is 2.49. The van der Waals surface area contributed by atoms with Gasteiger partial charge in [0, 0.05) is 0 Å². The predicted molar refractivity (Wildman–Crippen MR) is 69.2 cm³/mol. The Morgan fingerprint density at radius 3 is 2.35 bits per heavy atom. The Balaban J connectivity index is 1.68. The lowest BCUT2D eigenvalue weighted by Crippen LogP contribution is -2.32. The van der Waals surface area contributed by atoms with Gasteiger partial charge in [-0.15, -0.1) is 0 Å². The van der Waals surface area contributed by atoms with Crippen LogP contribution in [0.5, 0.6) is 0 Å². The minimum Gasteiger partial charge on any atom is -0.481 e. The fourth-order valence-corrected chi connectivity index (χ4v) is 2.59. The number of carboxylic acid groups (broad SMARTS) is 1. The highest BCUT2D eigenvalue weighted by molar-refractivity contribution is 5.89. The van der Waals surface area contributed by atoms with Crippen molar-refractivity contribution >= 4 is 11.9 Å². The summed E-state index contributed by atoms with van der Waals surface area (Å²) in [4.78, 5) is 22.8. The van der Waals surface area contributed by atoms with Crippen LogP contribution >= 0.6 is 0 Å². The molecule has 106 valence electrons. The van der Waals surface area contributed by atoms with Crippen LogP contribution < -0.4 is 5.32 Å². The van der Waals surface area contributed by atoms with Gasteiger partial charge in [0.1, 0.15) is 5.82 Å². The molecule has 2 aliphatic carbocycles. The normalized spacial score (nSPS) is 25.9. The Morgan fingerprint density at radius 1 is 1.20 bits per heavy atom. The van der Waals surface area contributed by atoms with E-state index in [0.29, 0.717) is 12.3 Å². The van der Waals surface area contributed by atoms with Gasteiger partial charge in [0.25, 0.3) is 0 Å². The molecule has 1 aromatic rings. The number of hydrogen-bond acceptors (Lipinski definition) is 2. The van der Waals surface area contributed by atoms with Crippen molar-refractivity contribution in [3.63, 3.8) is 0 Å². The molecule has 1 aromatic carbocycles. The number of halogens is 1. The molecule has 2 saturated carbocycles. The SMILES string of the molecule is O=C(O)C1CC1C(=O)NC(c1ccc(F)cc1)C1CC1. The minimum absolute atomic E-state index is 0.127. The van der Waals surface area contributed by atoms with E-state index in [1.165, 1.54) is 12.1 Å². The fraction of sp³-hybridized carbons (Fsp3) is 0.467. The summed E-state index contributed by atoms with van der Waals surface area (Å²) in [7, 11) is 0. The van der Waals surface area contributed by atoms with Gasteiger partial charge in [-0.1, -0.05) is 12.1 Å². The summed E-state index contributed by atoms with van der Waals surface area (Å²) in [6, 6.07) is 6.00. The van der Waals surface area contributed by atoms with E-state index in [4.69, 9.17) is 5.11 Å². The van der Waals surface area contributed by atoms with Crippen molar-refractivity contribution < 1.29 is 19.1 Å². The summed E-state index contributed by atoms with van der Waals surface area (Å²) in [5.74, 6) is -1.97. The third-order valence-electron chi connectivity index (χ3n) is 4.06. The number of carbonyl (C=O) groups excluding carboxylic acids is 1. The van der Waals surface area contributed by atoms with Crippen LogP contribution in [0.3, 0.4) is 0 Å². The number of carbonyl (C=O) groups is 2. The first-order valence-corrected chi connectivity index (χ1v) is 6.85. The Bertz CT molecular complexity index is 539. The van der Waals surface area contributed by atoms with E-state index in [-0.39, 0.29) is 17.8 Å². The molecule has 2 fully saturated rings. The largest absolute Gasteiger partial charge is 0.481 e. The van der Waals surface area contributed by atoms with Gasteiger partial charge in [-0.3, -0.25) is 9.59 Å². The third kappa shape index (κ3) is 2.66. The van der Waals surface area contributed by atoms with Crippen LogP contribution in [0.25, 0.3) is 0 Å². The zero-order valence-corrected chi connectivity index (χ0v) is 10.9. The highest BCUT2D eigenvalue weighted by atomic mass is 19.1. The number of aliphatic carboxylic acids is 1. The average molecular weight is 277 g/mol. The van der Waals surface area contributed by atoms with E-state index >= 15 is 0 Å². The quantitative estimate of drug-likeness (QED) is 0.866. The maximum Gasteiger partial charge on any atom is 0.307 e. The van der Waals surface area contributed by atoms with Gasteiger partial charge < -0.3 is 10.4 Å². The predicted octanol–water partition coefficient (Wildman–Crippen LogP) is 2.11. The molecule has 0 aliphatic heterocycles. The summed E-state index contributed by atoms with van der Waals surface area (Å²) >= 11 is 0. The molecule has 0 aromatic heterocycles. The number of nitrogens with one attached hydrogen (secondary N) is 1. The summed E-state index contributed by atoms with van der Waals surface area (Å²) in [6.07, 6.45) is 2.49. The molecule has 4 nitrogen and oxygen atoms in total. The van der Waals surface area contributed by atoms with Crippen LogP contribution in [0.1, 0.15) is 30.9 Å². The molecular weight excluding hydrogens is 261 g/mol. The lowest BCUT2D eigenvalue weighted by atomic mass is 10.0. The van der Waals surface area contributed by atoms with Crippen LogP contribution in [0, 0.1) is 23.6 Å². The van der Waals surface area contributed by atoms with Crippen molar-refractivity contribution in [1.82, 2.24) is 5.32 Å². The van der Waals surface area contributed by atoms with E-state index in [1.54, 1.807) is 12.1 Å². The van der Waals surface area contributed by atoms with Crippen molar-refractivity contribution in [2.75, 3.05) is 0 Å². The van der Waals surface area contributed by atoms with Gasteiger partial charge >= 0.3 is 5.97 Å². The first kappa shape index (κ1) is 13.1. The number of hydrogen-bond donors (Lipinski definition) is 2. The van der Waals surface area contributed by atoms with Crippen LogP contribution in [0.2, 0.25) is 0 Å². The summed E-state index contributed by atoms with van der Waals surface area (Å²) < 4.78 is 13.0. The molecule has 20 heavy (non-hydrogen) atoms. The standard InChI is InChI=1S/C15H16FNO3/c16-10-5-3-9(4-6-10)13(8-1-2-8)17-14(18)11-7-12(11)15(19)20/h3-6,8,11-13H,1-2,7H2,(H,17,18)(H,19,20). The third-order valence-corrected chi connectivity index (χ3v) is 4.06. The average Bonchev–Trinajstić information content (AvgIpc) is 3.28. The van der Waals surface area contributed by atoms with Crippen LogP contribution in [-0.2, 0) is 9.59 Å². The number of carboxylic acids is 1. The summed E-state index contributed by atoms with van der Waals surface area (Å²) in [5, 5.41) is 11.8. The molecule has 2 aliphatic rings. The zero-order chi connectivity index (χ0) is 14.3. The number of rotatable bonds is 5. The maximum absolute atomic E-state index is 13.0. The second-order valence-corrected chi connectivity index (χ2v) is 5.66. The first-order chi connectivity index (χ1) is 9.56. The molecule has 1 amide bonds. The molecule has 3 atom stereocenters. The first-order valence-electron chi connectivity index (χ1n) is 6.85. The molecule has 0 bridgehead atoms. The molecule has 5 heteroatoms. The molecular formula is C15H16FNO3. The van der Waals surface area contributed by atoms with Crippen molar-refractivity contribution in [3.05, 3.63) is 35.6 Å². The van der Waals surface area contributed by atoms with Crippen molar-refractivity contribution in [1.29, 1.82) is 0 Å². The zero-order valence-electron chi connectivity index (χ0n) is 10.9. The van der Waals surface area contributed by atoms with E-state index in [2.05, 4.69) is 5.32 Å². The van der Waals surface area contributed by atoms with Gasteiger partial charge in [-0.2, -0.15) is 0 Å². The lowest BCUT2D eigenvalue weighted by molar-refractivity contribution is -0.140. The molecule has 3 unspecified atom stereocenters. The Kier molecular flexibility index (Phi) is 3.20. The smallest absolute Gasteiger partial charge is 0.307 e. The molecule has 2 N–H and O–H groups in total. The Hall–Kier alpha value is -1.91. The van der Waals surface area contributed by atoms with Gasteiger partial charge in [-0.05, 0) is 42.9 Å². The monoisotopic (exact) mass is 277 g/mol. The molecule has 0 saturated heterocycles. The van der Waals surface area contributed by atoms with E-state index in [9.17, 15) is 14.0 Å². The van der Waals surface area contributed by atoms with E-state index in [1.807, 2.05) is 0 Å². The van der Waals surface area contributed by atoms with E-state index in [0.717, 1.165) is 18.4 Å². The molecule has 3 rings (SSSR count). The van der Waals surface area contributed by atoms with Gasteiger partial charge in [0.05, 0.1) is 17.9 Å². The van der Waals surface area contributed by atoms with Gasteiger partial charge in [-0.25, -0.2) is 4.39 Å². The van der Waals surface area contributed by atoms with Gasteiger partial charge in [0.2, 0.25) is 5.91 Å². The molecule has 0 heterocycles. The van der Waals surface area contributed by atoms with Crippen LogP contribution in [-0.4, -0.2) is 17.0 Å². The maximum atomic E-state index is 13.0. The summed E-state index contributed by atoms with van der Waals surface area (Å²) in [5.41, 5.74) is 0.884. The Morgan fingerprint density at radius 2 is 1.85 bits per heavy atom. The molecule has 0 radical (unpaired) electrons. The van der Waals surface area contributed by atoms with Crippen molar-refractivity contribution in [2.45, 2.75) is 25.3 Å². The summed E-state index contributed by atoms with van der Waals surface area (Å²) in [6.45, 7) is 0. The van der Waals surface area contributed by atoms with Crippen LogP contribution in [0.15, 0.2) is 24.3 Å². The molecule has 0 spiro atoms. The van der Waals surface area contributed by atoms with Crippen molar-refractivity contribution in [3.8, 4) is 0 Å². The van der Waals surface area contributed by atoms with Crippen molar-refractivity contribution in [2.24, 2.45) is 17.8 Å². The van der Waals surface area contributed by atoms with Gasteiger partial charge in [0.15, 0.2) is 0 Å². The lowest BCUT2D eigenvalue weighted by Gasteiger charge is -2.19. The fourth-order valence-electron chi connectivity index (χ4n) is 2.59. The van der Waals surface area contributed by atoms with Crippen LogP contribution in [0.4, 0.5) is 4.39 Å². The minimum atomic E-state index is -0.907. The second kappa shape index (κ2) is 4.89. The highest BCUT2D eigenvalue weighted by Crippen LogP contribution is 2.43. The number of amides is 1. The van der Waals surface area contributed by atoms with E-state index < -0.39 is 17.8 Å².